The number of fused-ring (bicyclic) bond motifs is 1. The fourth-order valence-electron chi connectivity index (χ4n) is 4.32. The van der Waals surface area contributed by atoms with Crippen LogP contribution in [0.15, 0.2) is 18.2 Å². The summed E-state index contributed by atoms with van der Waals surface area (Å²) in [6.07, 6.45) is -0.0753. The molecule has 2 aliphatic heterocycles. The topological polar surface area (TPSA) is 85.4 Å². The average molecular weight is 405 g/mol. The normalized spacial score (nSPS) is 24.5. The molecule has 1 saturated heterocycles. The smallest absolute Gasteiger partial charge is 0.287 e. The van der Waals surface area contributed by atoms with Gasteiger partial charge in [-0.2, -0.15) is 0 Å². The molecule has 2 aromatic rings. The molecule has 0 bridgehead atoms. The second-order valence-electron chi connectivity index (χ2n) is 7.53. The van der Waals surface area contributed by atoms with Crippen LogP contribution in [0.25, 0.3) is 0 Å². The van der Waals surface area contributed by atoms with E-state index in [1.807, 2.05) is 11.5 Å². The van der Waals surface area contributed by atoms with E-state index in [1.54, 1.807) is 7.05 Å². The van der Waals surface area contributed by atoms with Gasteiger partial charge in [0.25, 0.3) is 5.91 Å². The van der Waals surface area contributed by atoms with Crippen molar-refractivity contribution in [2.45, 2.75) is 51.2 Å². The van der Waals surface area contributed by atoms with Crippen LogP contribution in [0, 0.1) is 11.6 Å². The molecule has 1 unspecified atom stereocenters. The lowest BCUT2D eigenvalue weighted by Crippen LogP contribution is -2.48. The van der Waals surface area contributed by atoms with Crippen molar-refractivity contribution in [3.05, 3.63) is 52.6 Å². The minimum absolute atomic E-state index is 0.0424. The quantitative estimate of drug-likeness (QED) is 0.809. The number of halogens is 2. The number of hydrogen-bond donors (Lipinski definition) is 2. The van der Waals surface area contributed by atoms with Gasteiger partial charge in [0.15, 0.2) is 5.82 Å². The summed E-state index contributed by atoms with van der Waals surface area (Å²) in [5.74, 6) is -0.792. The molecule has 2 aliphatic rings. The van der Waals surface area contributed by atoms with Crippen molar-refractivity contribution in [3.8, 4) is 0 Å². The Morgan fingerprint density at radius 1 is 1.38 bits per heavy atom. The van der Waals surface area contributed by atoms with Crippen LogP contribution in [-0.2, 0) is 24.4 Å². The van der Waals surface area contributed by atoms with Crippen LogP contribution in [0.4, 0.5) is 8.78 Å². The molecule has 9 heteroatoms. The zero-order chi connectivity index (χ0) is 20.7. The maximum absolute atomic E-state index is 14.1. The Kier molecular flexibility index (Phi) is 5.37. The largest absolute Gasteiger partial charge is 0.370 e. The second kappa shape index (κ2) is 7.81. The Bertz CT molecular complexity index is 932. The van der Waals surface area contributed by atoms with Gasteiger partial charge in [0.05, 0.1) is 18.0 Å². The summed E-state index contributed by atoms with van der Waals surface area (Å²) in [4.78, 5) is 18.8. The first kappa shape index (κ1) is 19.9. The molecule has 1 fully saturated rings. The van der Waals surface area contributed by atoms with Crippen molar-refractivity contribution in [1.82, 2.24) is 19.8 Å². The van der Waals surface area contributed by atoms with Crippen molar-refractivity contribution in [2.75, 3.05) is 13.7 Å². The highest BCUT2D eigenvalue weighted by Gasteiger charge is 2.38. The van der Waals surface area contributed by atoms with Gasteiger partial charge in [-0.25, -0.2) is 13.8 Å². The lowest BCUT2D eigenvalue weighted by atomic mass is 9.93. The Morgan fingerprint density at radius 2 is 2.17 bits per heavy atom. The van der Waals surface area contributed by atoms with Crippen LogP contribution < -0.4 is 11.1 Å². The third-order valence-corrected chi connectivity index (χ3v) is 5.79. The Morgan fingerprint density at radius 3 is 2.86 bits per heavy atom. The van der Waals surface area contributed by atoms with E-state index in [0.29, 0.717) is 38.5 Å². The van der Waals surface area contributed by atoms with E-state index < -0.39 is 23.8 Å². The van der Waals surface area contributed by atoms with Crippen LogP contribution in [0.3, 0.4) is 0 Å². The number of hydrogen-bond acceptors (Lipinski definition) is 5. The number of aromatic nitrogens is 2. The lowest BCUT2D eigenvalue weighted by Gasteiger charge is -2.38. The number of amides is 1. The summed E-state index contributed by atoms with van der Waals surface area (Å²) in [5.41, 5.74) is 8.37. The summed E-state index contributed by atoms with van der Waals surface area (Å²) >= 11 is 0. The molecule has 4 rings (SSSR count). The minimum atomic E-state index is -0.672. The summed E-state index contributed by atoms with van der Waals surface area (Å²) in [6.45, 7) is 4.25. The standard InChI is InChI=1S/C20H25F2N5O2/c1-3-27-17-9-26(8-16(17)25-19(27)20(28)24-2)12-7-15(23)18(29-10-12)13-6-11(21)4-5-14(13)22/h4-6,12,15,18H,3,7-10,23H2,1-2H3,(H,24,28)/t12?,15-,18+/m0/s1. The highest BCUT2D eigenvalue weighted by molar-refractivity contribution is 5.90. The molecule has 3 N–H and O–H groups in total. The molecule has 3 heterocycles. The number of nitrogens with zero attached hydrogens (tertiary/aromatic N) is 3. The van der Waals surface area contributed by atoms with E-state index in [4.69, 9.17) is 10.5 Å². The van der Waals surface area contributed by atoms with Crippen LogP contribution in [0.5, 0.6) is 0 Å². The molecule has 156 valence electrons. The van der Waals surface area contributed by atoms with Gasteiger partial charge in [0, 0.05) is 44.3 Å². The third-order valence-electron chi connectivity index (χ3n) is 5.79. The molecule has 1 aromatic heterocycles. The fourth-order valence-corrected chi connectivity index (χ4v) is 4.32. The van der Waals surface area contributed by atoms with E-state index >= 15 is 0 Å². The van der Waals surface area contributed by atoms with Crippen LogP contribution in [0.2, 0.25) is 0 Å². The lowest BCUT2D eigenvalue weighted by molar-refractivity contribution is -0.0535. The average Bonchev–Trinajstić information content (AvgIpc) is 3.27. The fraction of sp³-hybridized carbons (Fsp3) is 0.500. The van der Waals surface area contributed by atoms with Crippen molar-refractivity contribution >= 4 is 5.91 Å². The molecule has 29 heavy (non-hydrogen) atoms. The number of imidazole rings is 1. The predicted molar refractivity (Wildman–Crippen MR) is 102 cm³/mol. The summed E-state index contributed by atoms with van der Waals surface area (Å²) in [7, 11) is 1.59. The number of benzene rings is 1. The predicted octanol–water partition coefficient (Wildman–Crippen LogP) is 1.71. The molecule has 0 radical (unpaired) electrons. The summed E-state index contributed by atoms with van der Waals surface area (Å²) < 4.78 is 35.5. The molecular formula is C20H25F2N5O2. The van der Waals surface area contributed by atoms with Crippen LogP contribution in [0.1, 0.15) is 47.0 Å². The monoisotopic (exact) mass is 405 g/mol. The number of carbonyl (C=O) groups is 1. The Hall–Kier alpha value is -2.36. The van der Waals surface area contributed by atoms with Crippen LogP contribution >= 0.6 is 0 Å². The molecule has 0 spiro atoms. The van der Waals surface area contributed by atoms with E-state index in [9.17, 15) is 13.6 Å². The number of carbonyl (C=O) groups excluding carboxylic acids is 1. The third kappa shape index (κ3) is 3.54. The molecule has 3 atom stereocenters. The summed E-state index contributed by atoms with van der Waals surface area (Å²) in [5, 5.41) is 2.62. The maximum atomic E-state index is 14.1. The number of nitrogens with two attached hydrogens (primary N) is 1. The molecule has 1 aromatic carbocycles. The highest BCUT2D eigenvalue weighted by atomic mass is 19.1. The zero-order valence-corrected chi connectivity index (χ0v) is 16.5. The van der Waals surface area contributed by atoms with Gasteiger partial charge < -0.3 is 20.4 Å². The van der Waals surface area contributed by atoms with Gasteiger partial charge in [-0.1, -0.05) is 0 Å². The van der Waals surface area contributed by atoms with Gasteiger partial charge in [-0.3, -0.25) is 9.69 Å². The zero-order valence-electron chi connectivity index (χ0n) is 16.5. The van der Waals surface area contributed by atoms with Crippen molar-refractivity contribution < 1.29 is 18.3 Å². The maximum Gasteiger partial charge on any atom is 0.287 e. The molecule has 7 nitrogen and oxygen atoms in total. The number of rotatable bonds is 4. The van der Waals surface area contributed by atoms with Crippen molar-refractivity contribution in [2.24, 2.45) is 5.73 Å². The first-order valence-corrected chi connectivity index (χ1v) is 9.79. The van der Waals surface area contributed by atoms with Crippen molar-refractivity contribution in [3.63, 3.8) is 0 Å². The molecule has 1 amide bonds. The Balaban J connectivity index is 1.47. The van der Waals surface area contributed by atoms with Gasteiger partial charge in [-0.15, -0.1) is 0 Å². The first-order valence-electron chi connectivity index (χ1n) is 9.79. The first-order chi connectivity index (χ1) is 13.9. The second-order valence-corrected chi connectivity index (χ2v) is 7.53. The van der Waals surface area contributed by atoms with Gasteiger partial charge in [0.1, 0.15) is 17.7 Å². The highest BCUT2D eigenvalue weighted by Crippen LogP contribution is 2.34. The summed E-state index contributed by atoms with van der Waals surface area (Å²) in [6, 6.07) is 2.93. The van der Waals surface area contributed by atoms with Crippen LogP contribution in [-0.4, -0.2) is 46.1 Å². The Labute approximate surface area is 167 Å². The SMILES string of the molecule is CCn1c(C(=O)NC)nc2c1CN(C1CO[C@H](c3cc(F)ccc3F)[C@@H](N)C1)C2. The van der Waals surface area contributed by atoms with Gasteiger partial charge in [-0.05, 0) is 31.5 Å². The van der Waals surface area contributed by atoms with E-state index in [1.165, 1.54) is 0 Å². The van der Waals surface area contributed by atoms with Gasteiger partial charge in [0.2, 0.25) is 0 Å². The number of ether oxygens (including phenoxy) is 1. The molecular weight excluding hydrogens is 380 g/mol. The molecule has 0 saturated carbocycles. The van der Waals surface area contributed by atoms with E-state index in [2.05, 4.69) is 15.2 Å². The van der Waals surface area contributed by atoms with Crippen molar-refractivity contribution in [1.29, 1.82) is 0 Å². The van der Waals surface area contributed by atoms with E-state index in [0.717, 1.165) is 29.6 Å². The number of nitrogens with one attached hydrogen (secondary N) is 1. The van der Waals surface area contributed by atoms with Gasteiger partial charge >= 0.3 is 0 Å². The minimum Gasteiger partial charge on any atom is -0.370 e. The van der Waals surface area contributed by atoms with E-state index in [-0.39, 0.29) is 17.5 Å². The molecule has 0 aliphatic carbocycles.